The monoisotopic (exact) mass is 394 g/mol. The van der Waals surface area contributed by atoms with Crippen molar-refractivity contribution in [2.24, 2.45) is 13.0 Å². The van der Waals surface area contributed by atoms with Crippen LogP contribution in [-0.4, -0.2) is 77.2 Å². The number of aliphatic hydroxyl groups excluding tert-OH is 1. The zero-order chi connectivity index (χ0) is 19.9. The van der Waals surface area contributed by atoms with Crippen molar-refractivity contribution in [3.63, 3.8) is 0 Å². The van der Waals surface area contributed by atoms with Crippen molar-refractivity contribution in [3.8, 4) is 0 Å². The molecule has 0 saturated carbocycles. The van der Waals surface area contributed by atoms with Gasteiger partial charge in [0.2, 0.25) is 10.0 Å². The number of carbonyl (C=O) groups is 1. The highest BCUT2D eigenvalue weighted by molar-refractivity contribution is 7.89. The first-order chi connectivity index (χ1) is 12.6. The van der Waals surface area contributed by atoms with Crippen molar-refractivity contribution < 1.29 is 18.3 Å². The van der Waals surface area contributed by atoms with Gasteiger partial charge in [0.15, 0.2) is 0 Å². The van der Waals surface area contributed by atoms with E-state index in [0.717, 1.165) is 4.31 Å². The van der Waals surface area contributed by atoms with Crippen LogP contribution in [0, 0.1) is 5.92 Å². The molecule has 1 fully saturated rings. The molecule has 0 aliphatic carbocycles. The third-order valence-electron chi connectivity index (χ3n) is 4.84. The van der Waals surface area contributed by atoms with Gasteiger partial charge in [-0.05, 0) is 18.2 Å². The Bertz CT molecular complexity index is 1050. The number of nitrogens with zero attached hydrogens (tertiary/aromatic N) is 4. The average molecular weight is 394 g/mol. The molecule has 27 heavy (non-hydrogen) atoms. The summed E-state index contributed by atoms with van der Waals surface area (Å²) in [6.07, 6.45) is 0.482. The van der Waals surface area contributed by atoms with Gasteiger partial charge in [0.05, 0.1) is 29.1 Å². The van der Waals surface area contributed by atoms with Gasteiger partial charge in [-0.1, -0.05) is 0 Å². The highest BCUT2D eigenvalue weighted by Gasteiger charge is 2.37. The summed E-state index contributed by atoms with van der Waals surface area (Å²) >= 11 is 0. The highest BCUT2D eigenvalue weighted by Crippen LogP contribution is 2.22. The van der Waals surface area contributed by atoms with E-state index in [0.29, 0.717) is 16.5 Å². The standard InChI is InChI=1S/C17H22N4O5S/c1-19(2)27(25,26)9-12-7-21(8-15(12)22)16(23)11-4-5-13-14(6-11)18-10-20(3)17(13)24/h4-6,10,12,15,22H,7-9H2,1-3H3/t12-,15+/m0/s1. The Morgan fingerprint density at radius 2 is 2.04 bits per heavy atom. The number of aromatic nitrogens is 2. The largest absolute Gasteiger partial charge is 0.391 e. The Hall–Kier alpha value is -2.30. The van der Waals surface area contributed by atoms with Crippen LogP contribution in [0.15, 0.2) is 29.3 Å². The molecule has 1 aliphatic heterocycles. The first-order valence-corrected chi connectivity index (χ1v) is 10.0. The van der Waals surface area contributed by atoms with Crippen LogP contribution < -0.4 is 5.56 Å². The Morgan fingerprint density at radius 3 is 2.70 bits per heavy atom. The molecule has 1 aliphatic rings. The number of hydrogen-bond acceptors (Lipinski definition) is 6. The summed E-state index contributed by atoms with van der Waals surface area (Å²) in [6.45, 7) is 0.212. The van der Waals surface area contributed by atoms with E-state index in [4.69, 9.17) is 0 Å². The molecule has 2 heterocycles. The van der Waals surface area contributed by atoms with Gasteiger partial charge in [-0.25, -0.2) is 17.7 Å². The second-order valence-corrected chi connectivity index (χ2v) is 9.22. The van der Waals surface area contributed by atoms with Crippen LogP contribution in [0.5, 0.6) is 0 Å². The van der Waals surface area contributed by atoms with Gasteiger partial charge in [-0.2, -0.15) is 0 Å². The van der Waals surface area contributed by atoms with Crippen LogP contribution in [0.1, 0.15) is 10.4 Å². The lowest BCUT2D eigenvalue weighted by atomic mass is 10.1. The summed E-state index contributed by atoms with van der Waals surface area (Å²) in [6, 6.07) is 4.64. The number of hydrogen-bond donors (Lipinski definition) is 1. The number of likely N-dealkylation sites (tertiary alicyclic amines) is 1. The van der Waals surface area contributed by atoms with Crippen molar-refractivity contribution in [1.82, 2.24) is 18.8 Å². The lowest BCUT2D eigenvalue weighted by Crippen LogP contribution is -2.33. The van der Waals surface area contributed by atoms with Gasteiger partial charge in [-0.3, -0.25) is 9.59 Å². The number of aryl methyl sites for hydroxylation is 1. The predicted molar refractivity (Wildman–Crippen MR) is 99.9 cm³/mol. The Morgan fingerprint density at radius 1 is 1.33 bits per heavy atom. The summed E-state index contributed by atoms with van der Waals surface area (Å²) in [5, 5.41) is 10.6. The maximum Gasteiger partial charge on any atom is 0.260 e. The fourth-order valence-electron chi connectivity index (χ4n) is 3.13. The Labute approximate surface area is 156 Å². The fourth-order valence-corrected chi connectivity index (χ4v) is 4.30. The molecule has 1 amide bonds. The van der Waals surface area contributed by atoms with Gasteiger partial charge >= 0.3 is 0 Å². The third kappa shape index (κ3) is 3.73. The number of benzene rings is 1. The van der Waals surface area contributed by atoms with E-state index in [1.54, 1.807) is 19.2 Å². The van der Waals surface area contributed by atoms with Crippen LogP contribution in [-0.2, 0) is 17.1 Å². The van der Waals surface area contributed by atoms with Crippen LogP contribution in [0.3, 0.4) is 0 Å². The molecule has 1 aromatic carbocycles. The first kappa shape index (κ1) is 19.5. The van der Waals surface area contributed by atoms with Crippen LogP contribution in [0.2, 0.25) is 0 Å². The number of fused-ring (bicyclic) bond motifs is 1. The zero-order valence-corrected chi connectivity index (χ0v) is 16.2. The molecule has 3 rings (SSSR count). The van der Waals surface area contributed by atoms with E-state index in [-0.39, 0.29) is 30.3 Å². The molecule has 1 N–H and O–H groups in total. The van der Waals surface area contributed by atoms with Gasteiger partial charge in [0.25, 0.3) is 11.5 Å². The SMILES string of the molecule is CN(C)S(=O)(=O)C[C@@H]1CN(C(=O)c2ccc3c(=O)n(C)cnc3c2)C[C@H]1O. The maximum atomic E-state index is 12.8. The molecule has 2 atom stereocenters. The molecule has 0 spiro atoms. The quantitative estimate of drug-likeness (QED) is 0.731. The minimum absolute atomic E-state index is 0.0640. The normalized spacial score (nSPS) is 20.6. The molecule has 10 heteroatoms. The van der Waals surface area contributed by atoms with Gasteiger partial charge in [0, 0.05) is 45.7 Å². The summed E-state index contributed by atoms with van der Waals surface area (Å²) < 4.78 is 26.6. The minimum Gasteiger partial charge on any atom is -0.391 e. The second kappa shape index (κ2) is 7.02. The van der Waals surface area contributed by atoms with Crippen molar-refractivity contribution in [2.75, 3.05) is 32.9 Å². The van der Waals surface area contributed by atoms with Crippen LogP contribution in [0.4, 0.5) is 0 Å². The first-order valence-electron chi connectivity index (χ1n) is 8.43. The molecular formula is C17H22N4O5S. The van der Waals surface area contributed by atoms with E-state index < -0.39 is 22.0 Å². The zero-order valence-electron chi connectivity index (χ0n) is 15.4. The van der Waals surface area contributed by atoms with E-state index in [2.05, 4.69) is 4.98 Å². The molecule has 2 aromatic rings. The van der Waals surface area contributed by atoms with E-state index in [1.165, 1.54) is 36.0 Å². The minimum atomic E-state index is -3.48. The summed E-state index contributed by atoms with van der Waals surface area (Å²) in [4.78, 5) is 30.5. The second-order valence-electron chi connectivity index (χ2n) is 6.99. The number of aliphatic hydroxyl groups is 1. The highest BCUT2D eigenvalue weighted by atomic mass is 32.2. The number of sulfonamides is 1. The molecule has 1 aromatic heterocycles. The average Bonchev–Trinajstić information content (AvgIpc) is 2.97. The topological polar surface area (TPSA) is 113 Å². The Balaban J connectivity index is 1.81. The van der Waals surface area contributed by atoms with Crippen molar-refractivity contribution in [3.05, 3.63) is 40.4 Å². The molecule has 1 saturated heterocycles. The number of amides is 1. The molecule has 146 valence electrons. The molecule has 0 radical (unpaired) electrons. The lowest BCUT2D eigenvalue weighted by Gasteiger charge is -2.18. The van der Waals surface area contributed by atoms with Crippen LogP contribution >= 0.6 is 0 Å². The molecular weight excluding hydrogens is 372 g/mol. The van der Waals surface area contributed by atoms with Crippen molar-refractivity contribution >= 4 is 26.8 Å². The fraction of sp³-hybridized carbons (Fsp3) is 0.471. The molecule has 9 nitrogen and oxygen atoms in total. The Kier molecular flexibility index (Phi) is 5.06. The molecule has 0 unspecified atom stereocenters. The number of carbonyl (C=O) groups excluding carboxylic acids is 1. The van der Waals surface area contributed by atoms with E-state index >= 15 is 0 Å². The lowest BCUT2D eigenvalue weighted by molar-refractivity contribution is 0.0765. The summed E-state index contributed by atoms with van der Waals surface area (Å²) in [5.41, 5.74) is 0.548. The van der Waals surface area contributed by atoms with E-state index in [1.807, 2.05) is 0 Å². The van der Waals surface area contributed by atoms with Crippen molar-refractivity contribution in [2.45, 2.75) is 6.10 Å². The number of β-amino-alcohol motifs (C(OH)–C–C–N with tert-alkyl or cyclic N) is 1. The smallest absolute Gasteiger partial charge is 0.260 e. The van der Waals surface area contributed by atoms with Crippen LogP contribution in [0.25, 0.3) is 10.9 Å². The third-order valence-corrected chi connectivity index (χ3v) is 6.80. The van der Waals surface area contributed by atoms with Gasteiger partial charge < -0.3 is 14.6 Å². The summed E-state index contributed by atoms with van der Waals surface area (Å²) in [7, 11) is 0.994. The van der Waals surface area contributed by atoms with E-state index in [9.17, 15) is 23.1 Å². The number of rotatable bonds is 4. The van der Waals surface area contributed by atoms with Gasteiger partial charge in [-0.15, -0.1) is 0 Å². The van der Waals surface area contributed by atoms with Gasteiger partial charge in [0.1, 0.15) is 0 Å². The maximum absolute atomic E-state index is 12.8. The predicted octanol–water partition coefficient (Wildman–Crippen LogP) is -0.742. The van der Waals surface area contributed by atoms with Crippen molar-refractivity contribution in [1.29, 1.82) is 0 Å². The summed E-state index contributed by atoms with van der Waals surface area (Å²) in [5.74, 6) is -1.10. The molecule has 0 bridgehead atoms.